The molecule has 1 aromatic heterocycles. The zero-order valence-corrected chi connectivity index (χ0v) is 7.80. The van der Waals surface area contributed by atoms with Gasteiger partial charge in [0.1, 0.15) is 5.15 Å². The number of hydrogen-bond donors (Lipinski definition) is 1. The highest BCUT2D eigenvalue weighted by atomic mass is 35.5. The highest BCUT2D eigenvalue weighted by Gasteiger charge is 2.19. The Hall–Kier alpha value is -1.29. The van der Waals surface area contributed by atoms with E-state index in [0.717, 1.165) is 0 Å². The van der Waals surface area contributed by atoms with Crippen LogP contribution in [0, 0.1) is 0 Å². The van der Waals surface area contributed by atoms with Crippen LogP contribution in [0.1, 0.15) is 0 Å². The highest BCUT2D eigenvalue weighted by Crippen LogP contribution is 2.27. The van der Waals surface area contributed by atoms with Gasteiger partial charge in [-0.1, -0.05) is 11.6 Å². The van der Waals surface area contributed by atoms with Crippen molar-refractivity contribution in [2.24, 2.45) is 0 Å². The lowest BCUT2D eigenvalue weighted by Crippen LogP contribution is -2.35. The van der Waals surface area contributed by atoms with Crippen molar-refractivity contribution >= 4 is 29.0 Å². The summed E-state index contributed by atoms with van der Waals surface area (Å²) in [6, 6.07) is 3.40. The molecular formula is C8H8ClN3O. The summed E-state index contributed by atoms with van der Waals surface area (Å²) in [6.07, 6.45) is 0. The molecule has 5 heteroatoms. The van der Waals surface area contributed by atoms with Crippen LogP contribution in [-0.2, 0) is 4.79 Å². The maximum atomic E-state index is 11.1. The Labute approximate surface area is 80.5 Å². The van der Waals surface area contributed by atoms with Crippen molar-refractivity contribution in [1.82, 2.24) is 4.98 Å². The molecule has 0 saturated heterocycles. The monoisotopic (exact) mass is 197 g/mol. The predicted octanol–water partition coefficient (Wildman–Crippen LogP) is 1.12. The molecule has 1 aromatic rings. The van der Waals surface area contributed by atoms with E-state index >= 15 is 0 Å². The zero-order chi connectivity index (χ0) is 9.42. The molecule has 1 amide bonds. The van der Waals surface area contributed by atoms with Crippen LogP contribution in [0.25, 0.3) is 0 Å². The van der Waals surface area contributed by atoms with Gasteiger partial charge in [-0.25, -0.2) is 4.98 Å². The second-order valence-electron chi connectivity index (χ2n) is 2.91. The molecule has 0 radical (unpaired) electrons. The number of carbonyl (C=O) groups is 1. The van der Waals surface area contributed by atoms with Crippen LogP contribution in [0.2, 0.25) is 5.15 Å². The van der Waals surface area contributed by atoms with E-state index in [1.807, 2.05) is 0 Å². The van der Waals surface area contributed by atoms with Gasteiger partial charge in [-0.05, 0) is 12.1 Å². The van der Waals surface area contributed by atoms with E-state index in [2.05, 4.69) is 10.3 Å². The smallest absolute Gasteiger partial charge is 0.244 e. The number of likely N-dealkylation sites (N-methyl/N-ethyl adjacent to an activating group) is 1. The van der Waals surface area contributed by atoms with Crippen LogP contribution in [0.3, 0.4) is 0 Å². The Bertz CT molecular complexity index is 366. The third kappa shape index (κ3) is 1.45. The first-order valence-corrected chi connectivity index (χ1v) is 4.22. The second kappa shape index (κ2) is 2.88. The fourth-order valence-corrected chi connectivity index (χ4v) is 1.44. The maximum Gasteiger partial charge on any atom is 0.244 e. The minimum Gasteiger partial charge on any atom is -0.349 e. The molecule has 4 nitrogen and oxygen atoms in total. The SMILES string of the molecule is CN1CC(=O)Nc2ccc(Cl)nc21. The lowest BCUT2D eigenvalue weighted by Gasteiger charge is -2.25. The molecule has 68 valence electrons. The van der Waals surface area contributed by atoms with Crippen LogP contribution in [0.15, 0.2) is 12.1 Å². The first-order valence-electron chi connectivity index (χ1n) is 3.84. The van der Waals surface area contributed by atoms with Crippen LogP contribution in [0.5, 0.6) is 0 Å². The summed E-state index contributed by atoms with van der Waals surface area (Å²) in [5, 5.41) is 3.15. The average Bonchev–Trinajstić information content (AvgIpc) is 2.06. The van der Waals surface area contributed by atoms with Crippen LogP contribution < -0.4 is 10.2 Å². The van der Waals surface area contributed by atoms with E-state index in [1.165, 1.54) is 0 Å². The molecule has 2 rings (SSSR count). The van der Waals surface area contributed by atoms with Gasteiger partial charge < -0.3 is 10.2 Å². The van der Waals surface area contributed by atoms with Gasteiger partial charge in [0.25, 0.3) is 0 Å². The number of halogens is 1. The highest BCUT2D eigenvalue weighted by molar-refractivity contribution is 6.29. The van der Waals surface area contributed by atoms with Crippen molar-refractivity contribution in [3.05, 3.63) is 17.3 Å². The molecule has 2 heterocycles. The minimum atomic E-state index is -0.0286. The summed E-state index contributed by atoms with van der Waals surface area (Å²) in [4.78, 5) is 17.0. The number of rotatable bonds is 0. The number of aromatic nitrogens is 1. The number of carbonyl (C=O) groups excluding carboxylic acids is 1. The van der Waals surface area contributed by atoms with Gasteiger partial charge in [0.2, 0.25) is 5.91 Å². The Balaban J connectivity index is 2.49. The number of anilines is 2. The first kappa shape index (κ1) is 8.31. The molecule has 0 spiro atoms. The summed E-state index contributed by atoms with van der Waals surface area (Å²) in [5.41, 5.74) is 0.711. The number of nitrogens with zero attached hydrogens (tertiary/aromatic N) is 2. The van der Waals surface area contributed by atoms with E-state index in [-0.39, 0.29) is 5.91 Å². The third-order valence-corrected chi connectivity index (χ3v) is 2.07. The van der Waals surface area contributed by atoms with Crippen LogP contribution in [-0.4, -0.2) is 24.5 Å². The summed E-state index contributed by atoms with van der Waals surface area (Å²) < 4.78 is 0. The Morgan fingerprint density at radius 2 is 2.38 bits per heavy atom. The number of amides is 1. The number of nitrogens with one attached hydrogen (secondary N) is 1. The first-order chi connectivity index (χ1) is 6.16. The van der Waals surface area contributed by atoms with Crippen molar-refractivity contribution in [2.75, 3.05) is 23.8 Å². The summed E-state index contributed by atoms with van der Waals surface area (Å²) >= 11 is 5.73. The van der Waals surface area contributed by atoms with E-state index in [0.29, 0.717) is 23.2 Å². The fourth-order valence-electron chi connectivity index (χ4n) is 1.29. The summed E-state index contributed by atoms with van der Waals surface area (Å²) in [5.74, 6) is 0.686. The molecule has 1 aliphatic rings. The largest absolute Gasteiger partial charge is 0.349 e. The van der Waals surface area contributed by atoms with Gasteiger partial charge in [-0.15, -0.1) is 0 Å². The Morgan fingerprint density at radius 1 is 1.62 bits per heavy atom. The maximum absolute atomic E-state index is 11.1. The molecule has 0 aliphatic carbocycles. The van der Waals surface area contributed by atoms with Crippen molar-refractivity contribution in [2.45, 2.75) is 0 Å². The van der Waals surface area contributed by atoms with Crippen molar-refractivity contribution < 1.29 is 4.79 Å². The molecule has 0 bridgehead atoms. The molecule has 13 heavy (non-hydrogen) atoms. The third-order valence-electron chi connectivity index (χ3n) is 1.86. The molecule has 0 unspecified atom stereocenters. The van der Waals surface area contributed by atoms with Crippen LogP contribution in [0.4, 0.5) is 11.5 Å². The van der Waals surface area contributed by atoms with Crippen molar-refractivity contribution in [3.8, 4) is 0 Å². The van der Waals surface area contributed by atoms with Gasteiger partial charge in [0.05, 0.1) is 12.2 Å². The van der Waals surface area contributed by atoms with E-state index in [1.54, 1.807) is 24.1 Å². The van der Waals surface area contributed by atoms with Gasteiger partial charge in [-0.2, -0.15) is 0 Å². The van der Waals surface area contributed by atoms with Gasteiger partial charge in [0.15, 0.2) is 5.82 Å². The second-order valence-corrected chi connectivity index (χ2v) is 3.30. The molecular weight excluding hydrogens is 190 g/mol. The van der Waals surface area contributed by atoms with Crippen molar-refractivity contribution in [3.63, 3.8) is 0 Å². The molecule has 1 aliphatic heterocycles. The molecule has 0 fully saturated rings. The topological polar surface area (TPSA) is 45.2 Å². The number of fused-ring (bicyclic) bond motifs is 1. The molecule has 0 aromatic carbocycles. The molecule has 1 N–H and O–H groups in total. The standard InChI is InChI=1S/C8H8ClN3O/c1-12-4-7(13)10-5-2-3-6(9)11-8(5)12/h2-3H,4H2,1H3,(H,10,13). The lowest BCUT2D eigenvalue weighted by molar-refractivity contribution is -0.115. The number of pyridine rings is 1. The molecule has 0 atom stereocenters. The van der Waals surface area contributed by atoms with Crippen molar-refractivity contribution in [1.29, 1.82) is 0 Å². The van der Waals surface area contributed by atoms with Crippen LogP contribution >= 0.6 is 11.6 Å². The quantitative estimate of drug-likeness (QED) is 0.634. The normalized spacial score (nSPS) is 15.2. The van der Waals surface area contributed by atoms with Gasteiger partial charge >= 0.3 is 0 Å². The Morgan fingerprint density at radius 3 is 3.15 bits per heavy atom. The fraction of sp³-hybridized carbons (Fsp3) is 0.250. The number of hydrogen-bond acceptors (Lipinski definition) is 3. The minimum absolute atomic E-state index is 0.0286. The predicted molar refractivity (Wildman–Crippen MR) is 51.1 cm³/mol. The Kier molecular flexibility index (Phi) is 1.84. The average molecular weight is 198 g/mol. The van der Waals surface area contributed by atoms with Gasteiger partial charge in [-0.3, -0.25) is 4.79 Å². The summed E-state index contributed by atoms with van der Waals surface area (Å²) in [6.45, 7) is 0.320. The summed E-state index contributed by atoms with van der Waals surface area (Å²) in [7, 11) is 1.81. The van der Waals surface area contributed by atoms with E-state index in [4.69, 9.17) is 11.6 Å². The zero-order valence-electron chi connectivity index (χ0n) is 7.04. The van der Waals surface area contributed by atoms with E-state index in [9.17, 15) is 4.79 Å². The van der Waals surface area contributed by atoms with E-state index < -0.39 is 0 Å². The molecule has 0 saturated carbocycles. The van der Waals surface area contributed by atoms with Gasteiger partial charge in [0, 0.05) is 7.05 Å². The lowest BCUT2D eigenvalue weighted by atomic mass is 10.3.